The van der Waals surface area contributed by atoms with Crippen LogP contribution in [0.3, 0.4) is 0 Å². The van der Waals surface area contributed by atoms with Gasteiger partial charge >= 0.3 is 0 Å². The molecule has 0 N–H and O–H groups in total. The van der Waals surface area contributed by atoms with Crippen molar-refractivity contribution >= 4 is 6.29 Å². The van der Waals surface area contributed by atoms with E-state index in [1.54, 1.807) is 6.07 Å². The van der Waals surface area contributed by atoms with Crippen molar-refractivity contribution in [2.24, 2.45) is 0 Å². The molecule has 0 saturated heterocycles. The maximum Gasteiger partial charge on any atom is 0.150 e. The highest BCUT2D eigenvalue weighted by Crippen LogP contribution is 2.21. The summed E-state index contributed by atoms with van der Waals surface area (Å²) in [5, 5.41) is 0. The molecule has 0 unspecified atom stereocenters. The average molecular weight is 280 g/mol. The van der Waals surface area contributed by atoms with Gasteiger partial charge in [-0.1, -0.05) is 36.4 Å². The Morgan fingerprint density at radius 2 is 1.90 bits per heavy atom. The Morgan fingerprint density at radius 1 is 1.10 bits per heavy atom. The molecule has 0 aliphatic rings. The van der Waals surface area contributed by atoms with Crippen molar-refractivity contribution in [1.29, 1.82) is 0 Å². The molecule has 0 atom stereocenters. The summed E-state index contributed by atoms with van der Waals surface area (Å²) in [5.74, 6) is 0.841. The van der Waals surface area contributed by atoms with Gasteiger partial charge < -0.3 is 4.74 Å². The molecule has 0 aromatic heterocycles. The van der Waals surface area contributed by atoms with E-state index in [9.17, 15) is 4.79 Å². The van der Waals surface area contributed by atoms with Crippen LogP contribution < -0.4 is 4.74 Å². The van der Waals surface area contributed by atoms with E-state index in [4.69, 9.17) is 4.74 Å². The highest BCUT2D eigenvalue weighted by Gasteiger charge is 2.04. The van der Waals surface area contributed by atoms with E-state index in [1.165, 1.54) is 5.56 Å². The van der Waals surface area contributed by atoms with Gasteiger partial charge in [-0.2, -0.15) is 0 Å². The molecule has 2 heteroatoms. The number of ether oxygens (including phenoxy) is 1. The van der Waals surface area contributed by atoms with Crippen molar-refractivity contribution in [3.8, 4) is 5.75 Å². The van der Waals surface area contributed by atoms with Gasteiger partial charge in [0.2, 0.25) is 0 Å². The monoisotopic (exact) mass is 280 g/mol. The highest BCUT2D eigenvalue weighted by molar-refractivity contribution is 5.75. The zero-order valence-corrected chi connectivity index (χ0v) is 12.1. The lowest BCUT2D eigenvalue weighted by Gasteiger charge is -2.11. The zero-order valence-electron chi connectivity index (χ0n) is 12.1. The summed E-state index contributed by atoms with van der Waals surface area (Å²) in [6.45, 7) is 4.41. The summed E-state index contributed by atoms with van der Waals surface area (Å²) >= 11 is 0. The molecular weight excluding hydrogens is 260 g/mol. The summed E-state index contributed by atoms with van der Waals surface area (Å²) in [7, 11) is 0. The van der Waals surface area contributed by atoms with E-state index in [0.717, 1.165) is 30.4 Å². The zero-order chi connectivity index (χ0) is 14.9. The standard InChI is InChI=1S/C19H20O2/c1-2-7-18-14-17(15-20)11-12-19(18)21-13-6-10-16-8-4-3-5-9-16/h2-5,8-9,11-12,14-15H,1,6-7,10,13H2. The second-order valence-electron chi connectivity index (χ2n) is 4.92. The molecule has 0 fully saturated rings. The lowest BCUT2D eigenvalue weighted by atomic mass is 10.1. The molecule has 2 nitrogen and oxygen atoms in total. The van der Waals surface area contributed by atoms with Gasteiger partial charge in [0.1, 0.15) is 12.0 Å². The second-order valence-corrected chi connectivity index (χ2v) is 4.92. The Bertz CT molecular complexity index is 588. The molecule has 0 aliphatic heterocycles. The van der Waals surface area contributed by atoms with Crippen LogP contribution >= 0.6 is 0 Å². The first kappa shape index (κ1) is 15.0. The van der Waals surface area contributed by atoms with Gasteiger partial charge in [0.15, 0.2) is 0 Å². The minimum atomic E-state index is 0.666. The molecule has 0 aliphatic carbocycles. The van der Waals surface area contributed by atoms with Gasteiger partial charge in [-0.15, -0.1) is 6.58 Å². The first-order valence-electron chi connectivity index (χ1n) is 7.19. The van der Waals surface area contributed by atoms with Crippen LogP contribution in [0.1, 0.15) is 27.9 Å². The van der Waals surface area contributed by atoms with Crippen LogP contribution in [0.2, 0.25) is 0 Å². The molecule has 2 aromatic rings. The summed E-state index contributed by atoms with van der Waals surface area (Å²) in [6.07, 6.45) is 5.35. The Labute approximate surface area is 126 Å². The van der Waals surface area contributed by atoms with Crippen LogP contribution in [0.4, 0.5) is 0 Å². The number of rotatable bonds is 8. The number of aryl methyl sites for hydroxylation is 1. The van der Waals surface area contributed by atoms with E-state index in [-0.39, 0.29) is 0 Å². The van der Waals surface area contributed by atoms with Gasteiger partial charge in [-0.05, 0) is 48.6 Å². The quantitative estimate of drug-likeness (QED) is 0.411. The predicted octanol–water partition coefficient (Wildman–Crippen LogP) is 4.24. The third-order valence-corrected chi connectivity index (χ3v) is 3.30. The normalized spacial score (nSPS) is 10.1. The number of aldehydes is 1. The lowest BCUT2D eigenvalue weighted by molar-refractivity contribution is 0.112. The molecule has 108 valence electrons. The number of hydrogen-bond acceptors (Lipinski definition) is 2. The van der Waals surface area contributed by atoms with Crippen molar-refractivity contribution in [2.75, 3.05) is 6.61 Å². The minimum Gasteiger partial charge on any atom is -0.493 e. The van der Waals surface area contributed by atoms with Crippen LogP contribution in [0, 0.1) is 0 Å². The van der Waals surface area contributed by atoms with Crippen molar-refractivity contribution in [1.82, 2.24) is 0 Å². The van der Waals surface area contributed by atoms with E-state index in [0.29, 0.717) is 18.6 Å². The van der Waals surface area contributed by atoms with Gasteiger partial charge in [0.05, 0.1) is 6.61 Å². The third-order valence-electron chi connectivity index (χ3n) is 3.30. The van der Waals surface area contributed by atoms with Crippen LogP contribution in [0.25, 0.3) is 0 Å². The van der Waals surface area contributed by atoms with Crippen LogP contribution in [-0.4, -0.2) is 12.9 Å². The topological polar surface area (TPSA) is 26.3 Å². The molecule has 0 saturated carbocycles. The van der Waals surface area contributed by atoms with Gasteiger partial charge in [0.25, 0.3) is 0 Å². The van der Waals surface area contributed by atoms with Gasteiger partial charge in [-0.25, -0.2) is 0 Å². The summed E-state index contributed by atoms with van der Waals surface area (Å²) < 4.78 is 5.85. The van der Waals surface area contributed by atoms with Crippen LogP contribution in [0.5, 0.6) is 5.75 Å². The molecule has 0 spiro atoms. The number of carbonyl (C=O) groups is 1. The number of hydrogen-bond donors (Lipinski definition) is 0. The average Bonchev–Trinajstić information content (AvgIpc) is 2.54. The predicted molar refractivity (Wildman–Crippen MR) is 86.0 cm³/mol. The maximum absolute atomic E-state index is 10.8. The second kappa shape index (κ2) is 8.05. The molecule has 2 rings (SSSR count). The fourth-order valence-electron chi connectivity index (χ4n) is 2.23. The van der Waals surface area contributed by atoms with Gasteiger partial charge in [0, 0.05) is 5.56 Å². The van der Waals surface area contributed by atoms with E-state index < -0.39 is 0 Å². The number of carbonyl (C=O) groups excluding carboxylic acids is 1. The SMILES string of the molecule is C=CCc1cc(C=O)ccc1OCCCc1ccccc1. The fraction of sp³-hybridized carbons (Fsp3) is 0.211. The Morgan fingerprint density at radius 3 is 2.62 bits per heavy atom. The van der Waals surface area contributed by atoms with E-state index in [2.05, 4.69) is 30.8 Å². The first-order valence-corrected chi connectivity index (χ1v) is 7.19. The van der Waals surface area contributed by atoms with Gasteiger partial charge in [-0.3, -0.25) is 4.79 Å². The van der Waals surface area contributed by atoms with Crippen LogP contribution in [-0.2, 0) is 12.8 Å². The highest BCUT2D eigenvalue weighted by atomic mass is 16.5. The Kier molecular flexibility index (Phi) is 5.77. The molecule has 0 radical (unpaired) electrons. The summed E-state index contributed by atoms with van der Waals surface area (Å²) in [4.78, 5) is 10.8. The summed E-state index contributed by atoms with van der Waals surface area (Å²) in [5.41, 5.74) is 3.00. The number of benzene rings is 2. The van der Waals surface area contributed by atoms with Crippen molar-refractivity contribution in [3.63, 3.8) is 0 Å². The van der Waals surface area contributed by atoms with E-state index in [1.807, 2.05) is 24.3 Å². The smallest absolute Gasteiger partial charge is 0.150 e. The molecule has 0 heterocycles. The molecule has 0 bridgehead atoms. The van der Waals surface area contributed by atoms with Crippen LogP contribution in [0.15, 0.2) is 61.2 Å². The molecular formula is C19H20O2. The van der Waals surface area contributed by atoms with E-state index >= 15 is 0 Å². The third kappa shape index (κ3) is 4.60. The van der Waals surface area contributed by atoms with Crippen molar-refractivity contribution < 1.29 is 9.53 Å². The molecule has 0 amide bonds. The lowest BCUT2D eigenvalue weighted by Crippen LogP contribution is -2.02. The minimum absolute atomic E-state index is 0.666. The maximum atomic E-state index is 10.8. The Hall–Kier alpha value is -2.35. The fourth-order valence-corrected chi connectivity index (χ4v) is 2.23. The Balaban J connectivity index is 1.90. The van der Waals surface area contributed by atoms with Crippen molar-refractivity contribution in [3.05, 3.63) is 77.9 Å². The first-order chi connectivity index (χ1) is 10.3. The largest absolute Gasteiger partial charge is 0.493 e. The molecule has 2 aromatic carbocycles. The molecule has 21 heavy (non-hydrogen) atoms. The number of allylic oxidation sites excluding steroid dienone is 1. The van der Waals surface area contributed by atoms with Crippen molar-refractivity contribution in [2.45, 2.75) is 19.3 Å². The summed E-state index contributed by atoms with van der Waals surface area (Å²) in [6, 6.07) is 15.9.